The van der Waals surface area contributed by atoms with Crippen molar-refractivity contribution in [3.8, 4) is 23.0 Å². The van der Waals surface area contributed by atoms with Gasteiger partial charge in [0.05, 0.1) is 114 Å². The number of rotatable bonds is 27. The van der Waals surface area contributed by atoms with E-state index < -0.39 is 10.7 Å². The Labute approximate surface area is 431 Å². The molecule has 2 N–H and O–H groups in total. The molecule has 4 aliphatic rings. The minimum Gasteiger partial charge on any atom is -0.493 e. The Morgan fingerprint density at radius 2 is 1.15 bits per heavy atom. The fourth-order valence-electron chi connectivity index (χ4n) is 8.69. The molecule has 4 heterocycles. The van der Waals surface area contributed by atoms with E-state index in [0.29, 0.717) is 111 Å². The highest BCUT2D eigenvalue weighted by Gasteiger charge is 2.36. The minimum atomic E-state index is -0.901. The average Bonchev–Trinajstić information content (AvgIpc) is 3.96. The number of hydrogen-bond donors (Lipinski definition) is 2. The summed E-state index contributed by atoms with van der Waals surface area (Å²) in [6.07, 6.45) is 9.23. The van der Waals surface area contributed by atoms with E-state index in [1.54, 1.807) is 38.5 Å². The van der Waals surface area contributed by atoms with Crippen molar-refractivity contribution >= 4 is 59.3 Å². The average molecular weight is 1030 g/mol. The van der Waals surface area contributed by atoms with Gasteiger partial charge in [0, 0.05) is 48.9 Å². The number of ether oxygens (including phenoxy) is 8. The van der Waals surface area contributed by atoms with Crippen LogP contribution in [0.2, 0.25) is 0 Å². The van der Waals surface area contributed by atoms with Crippen molar-refractivity contribution in [1.82, 2.24) is 15.1 Å². The Morgan fingerprint density at radius 3 is 1.60 bits per heavy atom. The summed E-state index contributed by atoms with van der Waals surface area (Å²) in [5.41, 5.74) is 6.88. The smallest absolute Gasteiger partial charge is 0.305 e. The molecule has 4 aliphatic heterocycles. The number of hydrogen-bond acceptors (Lipinski definition) is 15. The predicted molar refractivity (Wildman–Crippen MR) is 278 cm³/mol. The van der Waals surface area contributed by atoms with Gasteiger partial charge in [0.15, 0.2) is 23.0 Å². The Balaban J connectivity index is 0.995. The summed E-state index contributed by atoms with van der Waals surface area (Å²) in [5, 5.41) is 11.6. The first kappa shape index (κ1) is 54.5. The van der Waals surface area contributed by atoms with E-state index >= 15 is 0 Å². The lowest BCUT2D eigenvalue weighted by atomic mass is 9.97. The number of aliphatic carboxylic acids is 1. The first-order valence-corrected chi connectivity index (χ1v) is 25.5. The van der Waals surface area contributed by atoms with Crippen molar-refractivity contribution in [3.05, 3.63) is 93.6 Å². The Hall–Kier alpha value is -6.25. The second kappa shape index (κ2) is 26.1. The molecule has 18 nitrogen and oxygen atoms in total. The second-order valence-electron chi connectivity index (χ2n) is 18.3. The Bertz CT molecular complexity index is 2460. The second-order valence-corrected chi connectivity index (χ2v) is 19.9. The lowest BCUT2D eigenvalue weighted by molar-refractivity contribution is -0.138. The first-order valence-electron chi connectivity index (χ1n) is 24.6. The van der Waals surface area contributed by atoms with E-state index in [0.717, 1.165) is 29.5 Å². The lowest BCUT2D eigenvalue weighted by Gasteiger charge is -2.26. The van der Waals surface area contributed by atoms with Gasteiger partial charge in [-0.25, -0.2) is 0 Å². The van der Waals surface area contributed by atoms with Gasteiger partial charge >= 0.3 is 5.97 Å². The first-order chi connectivity index (χ1) is 35.3. The van der Waals surface area contributed by atoms with Crippen LogP contribution in [0.15, 0.2) is 75.7 Å². The van der Waals surface area contributed by atoms with E-state index in [2.05, 4.69) is 43.4 Å². The molecule has 2 saturated heterocycles. The lowest BCUT2D eigenvalue weighted by Crippen LogP contribution is -2.35. The molecule has 2 fully saturated rings. The van der Waals surface area contributed by atoms with Crippen LogP contribution < -0.4 is 24.3 Å². The van der Waals surface area contributed by atoms with E-state index in [4.69, 9.17) is 53.0 Å². The summed E-state index contributed by atoms with van der Waals surface area (Å²) in [4.78, 5) is 64.3. The summed E-state index contributed by atoms with van der Waals surface area (Å²) < 4.78 is 45.7. The van der Waals surface area contributed by atoms with Crippen LogP contribution in [-0.4, -0.2) is 156 Å². The molecule has 0 aromatic heterocycles. The maximum Gasteiger partial charge on any atom is 0.305 e. The number of carbonyl (C=O) groups excluding carboxylic acids is 3. The number of allylic oxidation sites excluding steroid dienone is 2. The van der Waals surface area contributed by atoms with E-state index in [9.17, 15) is 19.2 Å². The van der Waals surface area contributed by atoms with Crippen LogP contribution in [-0.2, 0) is 46.5 Å². The molecule has 2 atom stereocenters. The molecule has 7 rings (SSSR count). The number of carboxylic acids is 1. The van der Waals surface area contributed by atoms with Crippen LogP contribution in [0.25, 0.3) is 0 Å². The molecule has 0 aliphatic carbocycles. The molecule has 3 aromatic carbocycles. The fourth-order valence-corrected chi connectivity index (χ4v) is 9.57. The Kier molecular flexibility index (Phi) is 19.5. The molecule has 0 saturated carbocycles. The van der Waals surface area contributed by atoms with Crippen LogP contribution in [0.1, 0.15) is 84.4 Å². The highest BCUT2D eigenvalue weighted by Crippen LogP contribution is 2.42. The third kappa shape index (κ3) is 14.5. The number of amides is 3. The van der Waals surface area contributed by atoms with E-state index in [-0.39, 0.29) is 61.8 Å². The maximum atomic E-state index is 13.8. The zero-order valence-corrected chi connectivity index (χ0v) is 43.4. The number of carbonyl (C=O) groups is 4. The van der Waals surface area contributed by atoms with Gasteiger partial charge in [0.25, 0.3) is 11.8 Å². The summed E-state index contributed by atoms with van der Waals surface area (Å²) >= 11 is 1.49. The van der Waals surface area contributed by atoms with Crippen LogP contribution in [0.3, 0.4) is 0 Å². The van der Waals surface area contributed by atoms with Crippen LogP contribution >= 0.6 is 11.8 Å². The van der Waals surface area contributed by atoms with Crippen LogP contribution in [0.5, 0.6) is 23.0 Å². The number of fused-ring (bicyclic) bond motifs is 4. The molecule has 3 amide bonds. The predicted octanol–water partition coefficient (Wildman–Crippen LogP) is 7.24. The molecule has 0 bridgehead atoms. The highest BCUT2D eigenvalue weighted by molar-refractivity contribution is 8.00. The highest BCUT2D eigenvalue weighted by atomic mass is 32.2. The molecule has 392 valence electrons. The van der Waals surface area contributed by atoms with Crippen molar-refractivity contribution in [3.63, 3.8) is 0 Å². The van der Waals surface area contributed by atoms with Gasteiger partial charge in [0.1, 0.15) is 13.2 Å². The number of methoxy groups -OCH3 is 2. The molecule has 19 heteroatoms. The number of thioether (sulfide) groups is 1. The van der Waals surface area contributed by atoms with Gasteiger partial charge < -0.3 is 58.1 Å². The standard InChI is InChI=1S/C54H67N5O13S/c1-7-35-22-40-28-56-44-26-48(46(65-5)24-42(44)52(63)58(40)30-35)71-32-37-19-38(33-72-49-27-45-43(25-47(49)66-6)53(64)59-31-36(8-2)23-41(59)29-57-45)21-39(20-37)54(3,4)73-34-50(60)55-10-12-68-14-16-70-18-17-69-15-13-67-11-9-51(61)62/h7-8,19-21,24-29,40-41H,9-18,22-23,30-34H2,1-6H3,(H,55,60)(H,61,62). The van der Waals surface area contributed by atoms with Gasteiger partial charge in [-0.05, 0) is 75.4 Å². The fraction of sp³-hybridized carbons (Fsp3) is 0.481. The van der Waals surface area contributed by atoms with Gasteiger partial charge in [-0.15, -0.1) is 11.8 Å². The van der Waals surface area contributed by atoms with Crippen molar-refractivity contribution in [1.29, 1.82) is 0 Å². The van der Waals surface area contributed by atoms with Crippen molar-refractivity contribution < 1.29 is 62.2 Å². The van der Waals surface area contributed by atoms with Crippen LogP contribution in [0, 0.1) is 0 Å². The minimum absolute atomic E-state index is 0.0394. The number of nitrogens with one attached hydrogen (secondary N) is 1. The monoisotopic (exact) mass is 1030 g/mol. The third-order valence-corrected chi connectivity index (χ3v) is 14.2. The topological polar surface area (TPSA) is 206 Å². The number of aliphatic imine (C=N–C) groups is 2. The number of benzene rings is 3. The molecule has 2 unspecified atom stereocenters. The van der Waals surface area contributed by atoms with Crippen molar-refractivity contribution in [2.75, 3.05) is 92.5 Å². The third-order valence-electron chi connectivity index (χ3n) is 12.9. The SMILES string of the molecule is CC=C1CC2C=Nc3cc(OCc4cc(COc5cc6c(cc5OC)C(=O)N5CC(=CC)CC5C=N6)cc(C(C)(C)SCC(=O)NCCOCCOCCOCCOCCC(=O)O)c4)c(OC)cc3C(=O)N2C1. The van der Waals surface area contributed by atoms with Gasteiger partial charge in [0.2, 0.25) is 5.91 Å². The van der Waals surface area contributed by atoms with Gasteiger partial charge in [-0.3, -0.25) is 29.2 Å². The largest absolute Gasteiger partial charge is 0.493 e. The van der Waals surface area contributed by atoms with Crippen LogP contribution in [0.4, 0.5) is 11.4 Å². The van der Waals surface area contributed by atoms with Crippen molar-refractivity contribution in [2.45, 2.75) is 77.0 Å². The van der Waals surface area contributed by atoms with Gasteiger partial charge in [-0.1, -0.05) is 35.4 Å². The summed E-state index contributed by atoms with van der Waals surface area (Å²) in [6, 6.07) is 12.8. The zero-order valence-electron chi connectivity index (χ0n) is 42.6. The molecular weight excluding hydrogens is 959 g/mol. The van der Waals surface area contributed by atoms with Crippen molar-refractivity contribution in [2.24, 2.45) is 9.98 Å². The summed E-state index contributed by atoms with van der Waals surface area (Å²) in [7, 11) is 3.09. The number of carboxylic acid groups (broad SMARTS) is 1. The number of nitrogens with zero attached hydrogens (tertiary/aromatic N) is 4. The summed E-state index contributed by atoms with van der Waals surface area (Å²) in [6.45, 7) is 12.4. The Morgan fingerprint density at radius 1 is 0.685 bits per heavy atom. The van der Waals surface area contributed by atoms with E-state index in [1.165, 1.54) is 22.9 Å². The normalized spacial score (nSPS) is 18.1. The quantitative estimate of drug-likeness (QED) is 0.0571. The van der Waals surface area contributed by atoms with E-state index in [1.807, 2.05) is 42.1 Å². The van der Waals surface area contributed by atoms with Gasteiger partial charge in [-0.2, -0.15) is 0 Å². The summed E-state index contributed by atoms with van der Waals surface area (Å²) in [5.74, 6) is 0.607. The molecule has 0 radical (unpaired) electrons. The molecular formula is C54H67N5O13S. The zero-order chi connectivity index (χ0) is 51.9. The molecule has 0 spiro atoms. The maximum absolute atomic E-state index is 13.8. The molecule has 73 heavy (non-hydrogen) atoms. The molecule has 3 aromatic rings.